The molecule has 1 atom stereocenters. The molecule has 0 aromatic heterocycles. The van der Waals surface area contributed by atoms with Crippen LogP contribution in [0.4, 0.5) is 0 Å². The Morgan fingerprint density at radius 2 is 2.36 bits per heavy atom. The first-order chi connectivity index (χ1) is 6.83. The number of hydrogen-bond acceptors (Lipinski definition) is 4. The molecule has 0 aromatic rings. The van der Waals surface area contributed by atoms with Crippen LogP contribution in [0.25, 0.3) is 0 Å². The van der Waals surface area contributed by atoms with Crippen LogP contribution in [-0.4, -0.2) is 38.9 Å². The summed E-state index contributed by atoms with van der Waals surface area (Å²) in [6.45, 7) is 2.46. The zero-order valence-electron chi connectivity index (χ0n) is 8.75. The van der Waals surface area contributed by atoms with E-state index in [0.717, 1.165) is 19.5 Å². The number of nitrogens with one attached hydrogen (secondary N) is 1. The average Bonchev–Trinajstić information content (AvgIpc) is 2.46. The van der Waals surface area contributed by atoms with Crippen molar-refractivity contribution in [2.45, 2.75) is 31.8 Å². The summed E-state index contributed by atoms with van der Waals surface area (Å²) in [6.07, 6.45) is 4.13. The largest absolute Gasteiger partial charge is 0.469 e. The molecule has 14 heavy (non-hydrogen) atoms. The molecule has 1 heterocycles. The predicted molar refractivity (Wildman–Crippen MR) is 53.1 cm³/mol. The summed E-state index contributed by atoms with van der Waals surface area (Å²) < 4.78 is 10.1. The molecule has 0 aromatic carbocycles. The molecule has 1 saturated heterocycles. The van der Waals surface area contributed by atoms with Crippen LogP contribution in [0.5, 0.6) is 0 Å². The van der Waals surface area contributed by atoms with Crippen molar-refractivity contribution in [2.75, 3.05) is 26.8 Å². The molecule has 4 nitrogen and oxygen atoms in total. The van der Waals surface area contributed by atoms with Crippen LogP contribution >= 0.6 is 0 Å². The van der Waals surface area contributed by atoms with E-state index in [1.54, 1.807) is 0 Å². The Hall–Kier alpha value is -0.610. The second-order valence-electron chi connectivity index (χ2n) is 3.52. The Bertz CT molecular complexity index is 165. The fourth-order valence-corrected chi connectivity index (χ4v) is 1.54. The summed E-state index contributed by atoms with van der Waals surface area (Å²) in [5.74, 6) is -0.202. The molecule has 4 heteroatoms. The van der Waals surface area contributed by atoms with Crippen LogP contribution in [0.2, 0.25) is 0 Å². The minimum atomic E-state index is -0.202. The van der Waals surface area contributed by atoms with Crippen molar-refractivity contribution in [3.63, 3.8) is 0 Å². The molecule has 82 valence electrons. The van der Waals surface area contributed by atoms with Crippen molar-refractivity contribution in [3.05, 3.63) is 0 Å². The van der Waals surface area contributed by atoms with Crippen LogP contribution in [0.15, 0.2) is 0 Å². The third-order valence-corrected chi connectivity index (χ3v) is 2.39. The monoisotopic (exact) mass is 201 g/mol. The van der Waals surface area contributed by atoms with Gasteiger partial charge in [0.1, 0.15) is 0 Å². The van der Waals surface area contributed by atoms with Crippen molar-refractivity contribution in [1.82, 2.24) is 5.32 Å². The van der Waals surface area contributed by atoms with Crippen molar-refractivity contribution < 1.29 is 14.3 Å². The SMILES string of the molecule is COC(=O)CCOC1CCCCNC1. The van der Waals surface area contributed by atoms with Crippen LogP contribution in [0.3, 0.4) is 0 Å². The minimum Gasteiger partial charge on any atom is -0.469 e. The molecule has 0 aliphatic carbocycles. The standard InChI is InChI=1S/C10H19NO3/c1-13-10(12)5-7-14-9-4-2-3-6-11-8-9/h9,11H,2-8H2,1H3. The van der Waals surface area contributed by atoms with Gasteiger partial charge in [-0.3, -0.25) is 4.79 Å². The van der Waals surface area contributed by atoms with Crippen LogP contribution < -0.4 is 5.32 Å². The van der Waals surface area contributed by atoms with Crippen molar-refractivity contribution in [1.29, 1.82) is 0 Å². The van der Waals surface area contributed by atoms with Crippen molar-refractivity contribution in [3.8, 4) is 0 Å². The lowest BCUT2D eigenvalue weighted by molar-refractivity contribution is -0.142. The van der Waals surface area contributed by atoms with E-state index in [9.17, 15) is 4.79 Å². The first-order valence-corrected chi connectivity index (χ1v) is 5.22. The number of methoxy groups -OCH3 is 1. The molecule has 0 radical (unpaired) electrons. The maximum absolute atomic E-state index is 10.8. The highest BCUT2D eigenvalue weighted by atomic mass is 16.5. The Kier molecular flexibility index (Phi) is 5.56. The summed E-state index contributed by atoms with van der Waals surface area (Å²) in [5.41, 5.74) is 0. The normalized spacial score (nSPS) is 22.8. The average molecular weight is 201 g/mol. The van der Waals surface area contributed by atoms with Gasteiger partial charge in [-0.2, -0.15) is 0 Å². The second-order valence-corrected chi connectivity index (χ2v) is 3.52. The smallest absolute Gasteiger partial charge is 0.307 e. The molecule has 1 aliphatic heterocycles. The highest BCUT2D eigenvalue weighted by Gasteiger charge is 2.12. The van der Waals surface area contributed by atoms with Crippen LogP contribution in [-0.2, 0) is 14.3 Å². The van der Waals surface area contributed by atoms with E-state index in [0.29, 0.717) is 13.0 Å². The summed E-state index contributed by atoms with van der Waals surface area (Å²) in [5, 5.41) is 3.31. The van der Waals surface area contributed by atoms with Crippen LogP contribution in [0.1, 0.15) is 25.7 Å². The quantitative estimate of drug-likeness (QED) is 0.680. The van der Waals surface area contributed by atoms with Gasteiger partial charge in [-0.1, -0.05) is 0 Å². The summed E-state index contributed by atoms with van der Waals surface area (Å²) >= 11 is 0. The number of hydrogen-bond donors (Lipinski definition) is 1. The third-order valence-electron chi connectivity index (χ3n) is 2.39. The summed E-state index contributed by atoms with van der Waals surface area (Å²) in [7, 11) is 1.40. The summed E-state index contributed by atoms with van der Waals surface area (Å²) in [6, 6.07) is 0. The van der Waals surface area contributed by atoms with E-state index in [4.69, 9.17) is 4.74 Å². The van der Waals surface area contributed by atoms with Gasteiger partial charge < -0.3 is 14.8 Å². The predicted octanol–water partition coefficient (Wildman–Crippen LogP) is 0.708. The van der Waals surface area contributed by atoms with Crippen LogP contribution in [0, 0.1) is 0 Å². The van der Waals surface area contributed by atoms with Gasteiger partial charge >= 0.3 is 5.97 Å². The molecular weight excluding hydrogens is 182 g/mol. The van der Waals surface area contributed by atoms with Crippen molar-refractivity contribution >= 4 is 5.97 Å². The zero-order chi connectivity index (χ0) is 10.2. The Labute approximate surface area is 85.0 Å². The van der Waals surface area contributed by atoms with Gasteiger partial charge in [-0.25, -0.2) is 0 Å². The number of carbonyl (C=O) groups is 1. The first-order valence-electron chi connectivity index (χ1n) is 5.22. The molecule has 1 aliphatic rings. The molecule has 1 unspecified atom stereocenters. The lowest BCUT2D eigenvalue weighted by atomic mass is 10.2. The minimum absolute atomic E-state index is 0.202. The second kappa shape index (κ2) is 6.79. The van der Waals surface area contributed by atoms with Gasteiger partial charge in [0, 0.05) is 6.54 Å². The van der Waals surface area contributed by atoms with Gasteiger partial charge in [-0.15, -0.1) is 0 Å². The lowest BCUT2D eigenvalue weighted by Crippen LogP contribution is -2.27. The van der Waals surface area contributed by atoms with E-state index in [1.165, 1.54) is 20.0 Å². The molecular formula is C10H19NO3. The van der Waals surface area contributed by atoms with Gasteiger partial charge in [-0.05, 0) is 25.8 Å². The Morgan fingerprint density at radius 3 is 3.14 bits per heavy atom. The van der Waals surface area contributed by atoms with E-state index in [1.807, 2.05) is 0 Å². The molecule has 1 fully saturated rings. The van der Waals surface area contributed by atoms with E-state index in [-0.39, 0.29) is 12.1 Å². The van der Waals surface area contributed by atoms with Gasteiger partial charge in [0.25, 0.3) is 0 Å². The van der Waals surface area contributed by atoms with E-state index < -0.39 is 0 Å². The highest BCUT2D eigenvalue weighted by Crippen LogP contribution is 2.07. The number of ether oxygens (including phenoxy) is 2. The molecule has 0 amide bonds. The number of rotatable bonds is 4. The Morgan fingerprint density at radius 1 is 1.50 bits per heavy atom. The van der Waals surface area contributed by atoms with E-state index >= 15 is 0 Å². The Balaban J connectivity index is 2.07. The fraction of sp³-hybridized carbons (Fsp3) is 0.900. The maximum atomic E-state index is 10.8. The molecule has 1 N–H and O–H groups in total. The van der Waals surface area contributed by atoms with Gasteiger partial charge in [0.15, 0.2) is 0 Å². The van der Waals surface area contributed by atoms with Gasteiger partial charge in [0.05, 0.1) is 26.2 Å². The molecule has 0 bridgehead atoms. The zero-order valence-corrected chi connectivity index (χ0v) is 8.75. The fourth-order valence-electron chi connectivity index (χ4n) is 1.54. The number of carbonyl (C=O) groups excluding carboxylic acids is 1. The number of esters is 1. The topological polar surface area (TPSA) is 47.6 Å². The lowest BCUT2D eigenvalue weighted by Gasteiger charge is -2.14. The third kappa shape index (κ3) is 4.58. The molecule has 1 rings (SSSR count). The van der Waals surface area contributed by atoms with Gasteiger partial charge in [0.2, 0.25) is 0 Å². The highest BCUT2D eigenvalue weighted by molar-refractivity contribution is 5.69. The first kappa shape index (κ1) is 11.5. The maximum Gasteiger partial charge on any atom is 0.307 e. The van der Waals surface area contributed by atoms with E-state index in [2.05, 4.69) is 10.1 Å². The molecule has 0 spiro atoms. The molecule has 0 saturated carbocycles. The van der Waals surface area contributed by atoms with Crippen molar-refractivity contribution in [2.24, 2.45) is 0 Å². The summed E-state index contributed by atoms with van der Waals surface area (Å²) in [4.78, 5) is 10.8.